The van der Waals surface area contributed by atoms with Crippen molar-refractivity contribution in [3.05, 3.63) is 84.4 Å². The normalized spacial score (nSPS) is 10.3. The summed E-state index contributed by atoms with van der Waals surface area (Å²) in [6, 6.07) is 24.5. The Morgan fingerprint density at radius 2 is 1.50 bits per heavy atom. The number of ether oxygens (including phenoxy) is 1. The number of anilines is 3. The van der Waals surface area contributed by atoms with Gasteiger partial charge in [0.2, 0.25) is 11.8 Å². The molecule has 0 spiro atoms. The largest absolute Gasteiger partial charge is 0.494 e. The molecular weight excluding hydrogens is 402 g/mol. The standard InChI is InChI=1S/C26H29N3O3/c1-2-17-32-24-14-12-21(13-15-24)28-26(31)19-27-22-9-6-10-23(18-22)29-25(30)16-11-20-7-4-3-5-8-20/h3-10,12-15,18,27H,2,11,16-17,19H2,1H3,(H,28,31)(H,29,30). The van der Waals surface area contributed by atoms with E-state index < -0.39 is 0 Å². The first-order chi connectivity index (χ1) is 15.6. The summed E-state index contributed by atoms with van der Waals surface area (Å²) >= 11 is 0. The minimum absolute atomic E-state index is 0.0462. The van der Waals surface area contributed by atoms with Crippen molar-refractivity contribution < 1.29 is 14.3 Å². The number of hydrogen-bond donors (Lipinski definition) is 3. The molecule has 0 saturated carbocycles. The first kappa shape index (κ1) is 22.9. The predicted molar refractivity (Wildman–Crippen MR) is 129 cm³/mol. The highest BCUT2D eigenvalue weighted by Gasteiger charge is 2.06. The molecular formula is C26H29N3O3. The molecule has 0 saturated heterocycles. The zero-order valence-corrected chi connectivity index (χ0v) is 18.3. The van der Waals surface area contributed by atoms with Gasteiger partial charge in [0.05, 0.1) is 13.2 Å². The minimum Gasteiger partial charge on any atom is -0.494 e. The van der Waals surface area contributed by atoms with Crippen molar-refractivity contribution in [3.63, 3.8) is 0 Å². The van der Waals surface area contributed by atoms with Gasteiger partial charge in [-0.05, 0) is 60.9 Å². The van der Waals surface area contributed by atoms with Crippen LogP contribution in [0, 0.1) is 0 Å². The van der Waals surface area contributed by atoms with Gasteiger partial charge in [-0.2, -0.15) is 0 Å². The molecule has 166 valence electrons. The zero-order chi connectivity index (χ0) is 22.6. The Hall–Kier alpha value is -3.80. The summed E-state index contributed by atoms with van der Waals surface area (Å²) in [6.07, 6.45) is 2.05. The number of carbonyl (C=O) groups is 2. The second-order valence-corrected chi connectivity index (χ2v) is 7.39. The highest BCUT2D eigenvalue weighted by atomic mass is 16.5. The highest BCUT2D eigenvalue weighted by Crippen LogP contribution is 2.17. The lowest BCUT2D eigenvalue weighted by Gasteiger charge is -2.11. The van der Waals surface area contributed by atoms with Crippen LogP contribution in [0.25, 0.3) is 0 Å². The predicted octanol–water partition coefficient (Wildman–Crippen LogP) is 5.10. The van der Waals surface area contributed by atoms with Gasteiger partial charge in [-0.15, -0.1) is 0 Å². The van der Waals surface area contributed by atoms with Crippen molar-refractivity contribution in [3.8, 4) is 5.75 Å². The summed E-state index contributed by atoms with van der Waals surface area (Å²) in [5.41, 5.74) is 3.28. The van der Waals surface area contributed by atoms with Crippen LogP contribution in [-0.4, -0.2) is 25.0 Å². The topological polar surface area (TPSA) is 79.5 Å². The minimum atomic E-state index is -0.162. The summed E-state index contributed by atoms with van der Waals surface area (Å²) < 4.78 is 5.54. The van der Waals surface area contributed by atoms with E-state index in [0.717, 1.165) is 23.4 Å². The molecule has 3 N–H and O–H groups in total. The Bertz CT molecular complexity index is 1000. The zero-order valence-electron chi connectivity index (χ0n) is 18.3. The SMILES string of the molecule is CCCOc1ccc(NC(=O)CNc2cccc(NC(=O)CCc3ccccc3)c2)cc1. The van der Waals surface area contributed by atoms with Gasteiger partial charge in [0.1, 0.15) is 5.75 Å². The maximum Gasteiger partial charge on any atom is 0.243 e. The van der Waals surface area contributed by atoms with Gasteiger partial charge in [0.25, 0.3) is 0 Å². The van der Waals surface area contributed by atoms with Gasteiger partial charge < -0.3 is 20.7 Å². The number of aryl methyl sites for hydroxylation is 1. The van der Waals surface area contributed by atoms with Crippen LogP contribution in [0.15, 0.2) is 78.9 Å². The van der Waals surface area contributed by atoms with E-state index >= 15 is 0 Å². The fourth-order valence-corrected chi connectivity index (χ4v) is 3.07. The first-order valence-corrected chi connectivity index (χ1v) is 10.8. The molecule has 0 aliphatic rings. The first-order valence-electron chi connectivity index (χ1n) is 10.8. The summed E-state index contributed by atoms with van der Waals surface area (Å²) in [4.78, 5) is 24.5. The number of amides is 2. The average Bonchev–Trinajstić information content (AvgIpc) is 2.82. The van der Waals surface area contributed by atoms with Crippen LogP contribution in [0.2, 0.25) is 0 Å². The second-order valence-electron chi connectivity index (χ2n) is 7.39. The third-order valence-electron chi connectivity index (χ3n) is 4.69. The van der Waals surface area contributed by atoms with E-state index in [1.807, 2.05) is 78.9 Å². The quantitative estimate of drug-likeness (QED) is 0.395. The van der Waals surface area contributed by atoms with Crippen LogP contribution in [0.5, 0.6) is 5.75 Å². The lowest BCUT2D eigenvalue weighted by atomic mass is 10.1. The van der Waals surface area contributed by atoms with Gasteiger partial charge in [-0.1, -0.05) is 43.3 Å². The molecule has 3 rings (SSSR count). The molecule has 6 heteroatoms. The highest BCUT2D eigenvalue weighted by molar-refractivity contribution is 5.94. The van der Waals surface area contributed by atoms with Gasteiger partial charge in [0.15, 0.2) is 0 Å². The van der Waals surface area contributed by atoms with E-state index in [1.54, 1.807) is 0 Å². The molecule has 0 heterocycles. The van der Waals surface area contributed by atoms with Crippen molar-refractivity contribution in [1.29, 1.82) is 0 Å². The Morgan fingerprint density at radius 3 is 2.25 bits per heavy atom. The van der Waals surface area contributed by atoms with Crippen LogP contribution in [0.1, 0.15) is 25.3 Å². The third-order valence-corrected chi connectivity index (χ3v) is 4.69. The Morgan fingerprint density at radius 1 is 0.781 bits per heavy atom. The van der Waals surface area contributed by atoms with E-state index in [0.29, 0.717) is 30.8 Å². The fourth-order valence-electron chi connectivity index (χ4n) is 3.07. The molecule has 2 amide bonds. The van der Waals surface area contributed by atoms with Crippen molar-refractivity contribution in [2.45, 2.75) is 26.2 Å². The third kappa shape index (κ3) is 7.80. The Labute approximate surface area is 189 Å². The van der Waals surface area contributed by atoms with Crippen molar-refractivity contribution >= 4 is 28.9 Å². The molecule has 0 unspecified atom stereocenters. The average molecular weight is 432 g/mol. The maximum atomic E-state index is 12.3. The van der Waals surface area contributed by atoms with Gasteiger partial charge >= 0.3 is 0 Å². The van der Waals surface area contributed by atoms with E-state index in [9.17, 15) is 9.59 Å². The monoisotopic (exact) mass is 431 g/mol. The number of rotatable bonds is 11. The van der Waals surface area contributed by atoms with Gasteiger partial charge in [-0.25, -0.2) is 0 Å². The summed E-state index contributed by atoms with van der Waals surface area (Å²) in [6.45, 7) is 2.83. The van der Waals surface area contributed by atoms with Crippen LogP contribution < -0.4 is 20.7 Å². The fraction of sp³-hybridized carbons (Fsp3) is 0.231. The second kappa shape index (κ2) is 12.2. The smallest absolute Gasteiger partial charge is 0.243 e. The van der Waals surface area contributed by atoms with E-state index in [2.05, 4.69) is 22.9 Å². The molecule has 0 aliphatic carbocycles. The van der Waals surface area contributed by atoms with Gasteiger partial charge in [0, 0.05) is 23.5 Å². The molecule has 3 aromatic rings. The Kier molecular flexibility index (Phi) is 8.69. The van der Waals surface area contributed by atoms with E-state index in [4.69, 9.17) is 4.74 Å². The number of benzene rings is 3. The molecule has 0 bridgehead atoms. The number of nitrogens with one attached hydrogen (secondary N) is 3. The van der Waals surface area contributed by atoms with Crippen LogP contribution >= 0.6 is 0 Å². The lowest BCUT2D eigenvalue weighted by Crippen LogP contribution is -2.21. The Balaban J connectivity index is 1.43. The van der Waals surface area contributed by atoms with Gasteiger partial charge in [-0.3, -0.25) is 9.59 Å². The van der Waals surface area contributed by atoms with Crippen molar-refractivity contribution in [2.75, 3.05) is 29.1 Å². The lowest BCUT2D eigenvalue weighted by molar-refractivity contribution is -0.116. The molecule has 0 aromatic heterocycles. The molecule has 32 heavy (non-hydrogen) atoms. The molecule has 0 fully saturated rings. The van der Waals surface area contributed by atoms with E-state index in [-0.39, 0.29) is 18.4 Å². The summed E-state index contributed by atoms with van der Waals surface area (Å²) in [7, 11) is 0. The molecule has 6 nitrogen and oxygen atoms in total. The summed E-state index contributed by atoms with van der Waals surface area (Å²) in [5, 5.41) is 8.84. The van der Waals surface area contributed by atoms with Crippen LogP contribution in [-0.2, 0) is 16.0 Å². The number of carbonyl (C=O) groups excluding carboxylic acids is 2. The molecule has 0 radical (unpaired) electrons. The molecule has 0 aliphatic heterocycles. The van der Waals surface area contributed by atoms with Crippen molar-refractivity contribution in [1.82, 2.24) is 0 Å². The number of hydrogen-bond acceptors (Lipinski definition) is 4. The van der Waals surface area contributed by atoms with Crippen LogP contribution in [0.3, 0.4) is 0 Å². The molecule has 3 aromatic carbocycles. The maximum absolute atomic E-state index is 12.3. The van der Waals surface area contributed by atoms with Crippen LogP contribution in [0.4, 0.5) is 17.1 Å². The van der Waals surface area contributed by atoms with E-state index in [1.165, 1.54) is 0 Å². The summed E-state index contributed by atoms with van der Waals surface area (Å²) in [5.74, 6) is 0.574. The molecule has 0 atom stereocenters. The van der Waals surface area contributed by atoms with Crippen molar-refractivity contribution in [2.24, 2.45) is 0 Å².